The van der Waals surface area contributed by atoms with E-state index in [1.807, 2.05) is 37.5 Å². The second-order valence-corrected chi connectivity index (χ2v) is 7.91. The second kappa shape index (κ2) is 9.13. The molecule has 6 nitrogen and oxygen atoms in total. The van der Waals surface area contributed by atoms with Crippen LogP contribution < -0.4 is 15.4 Å². The third kappa shape index (κ3) is 4.54. The summed E-state index contributed by atoms with van der Waals surface area (Å²) in [5, 5.41) is 13.3. The van der Waals surface area contributed by atoms with Crippen LogP contribution >= 0.6 is 0 Å². The first-order valence-electron chi connectivity index (χ1n) is 10.4. The first kappa shape index (κ1) is 20.2. The predicted molar refractivity (Wildman–Crippen MR) is 118 cm³/mol. The van der Waals surface area contributed by atoms with Gasteiger partial charge in [0.05, 0.1) is 19.7 Å². The van der Waals surface area contributed by atoms with E-state index in [-0.39, 0.29) is 5.91 Å². The fourth-order valence-corrected chi connectivity index (χ4v) is 4.12. The standard InChI is InChI=1S/C24H28N4O2/c1-25-14-17-4-3-5-18(10-17)19-12-20(13-19)22-15-26-28-24(22)27-23(29)11-16-6-8-21(30-2)9-7-16/h3-10,15,19-20,25H,11-14H2,1-2H3,(H2,26,27,28,29). The third-order valence-electron chi connectivity index (χ3n) is 5.84. The van der Waals surface area contributed by atoms with Gasteiger partial charge in [-0.25, -0.2) is 0 Å². The van der Waals surface area contributed by atoms with Crippen LogP contribution in [0.2, 0.25) is 0 Å². The molecule has 1 aliphatic carbocycles. The molecule has 0 saturated heterocycles. The molecule has 0 spiro atoms. The number of benzene rings is 2. The normalized spacial score (nSPS) is 17.9. The van der Waals surface area contributed by atoms with Gasteiger partial charge in [-0.2, -0.15) is 5.10 Å². The zero-order chi connectivity index (χ0) is 20.9. The Morgan fingerprint density at radius 3 is 2.67 bits per heavy atom. The van der Waals surface area contributed by atoms with Gasteiger partial charge >= 0.3 is 0 Å². The molecule has 3 N–H and O–H groups in total. The van der Waals surface area contributed by atoms with E-state index < -0.39 is 0 Å². The van der Waals surface area contributed by atoms with Gasteiger partial charge in [0.1, 0.15) is 11.6 Å². The lowest BCUT2D eigenvalue weighted by Gasteiger charge is -2.36. The Labute approximate surface area is 177 Å². The highest BCUT2D eigenvalue weighted by molar-refractivity contribution is 5.92. The maximum absolute atomic E-state index is 12.5. The van der Waals surface area contributed by atoms with Crippen molar-refractivity contribution in [1.29, 1.82) is 0 Å². The molecule has 0 unspecified atom stereocenters. The number of aromatic nitrogens is 2. The smallest absolute Gasteiger partial charge is 0.229 e. The molecule has 0 aliphatic heterocycles. The van der Waals surface area contributed by atoms with Gasteiger partial charge in [0, 0.05) is 12.1 Å². The van der Waals surface area contributed by atoms with Crippen LogP contribution in [0.5, 0.6) is 5.75 Å². The van der Waals surface area contributed by atoms with E-state index in [2.05, 4.69) is 45.1 Å². The van der Waals surface area contributed by atoms with Crippen molar-refractivity contribution in [3.05, 3.63) is 77.0 Å². The zero-order valence-corrected chi connectivity index (χ0v) is 17.4. The van der Waals surface area contributed by atoms with Gasteiger partial charge in [-0.1, -0.05) is 36.4 Å². The lowest BCUT2D eigenvalue weighted by Crippen LogP contribution is -2.22. The van der Waals surface area contributed by atoms with Crippen molar-refractivity contribution in [2.45, 2.75) is 37.6 Å². The van der Waals surface area contributed by atoms with Crippen molar-refractivity contribution in [3.63, 3.8) is 0 Å². The summed E-state index contributed by atoms with van der Waals surface area (Å²) < 4.78 is 5.16. The van der Waals surface area contributed by atoms with E-state index in [0.29, 0.717) is 18.3 Å². The van der Waals surface area contributed by atoms with Crippen LogP contribution in [0.25, 0.3) is 0 Å². The van der Waals surface area contributed by atoms with Crippen LogP contribution in [0.1, 0.15) is 46.9 Å². The van der Waals surface area contributed by atoms with Crippen LogP contribution in [0.3, 0.4) is 0 Å². The topological polar surface area (TPSA) is 79.0 Å². The molecule has 6 heteroatoms. The summed E-state index contributed by atoms with van der Waals surface area (Å²) >= 11 is 0. The first-order valence-corrected chi connectivity index (χ1v) is 10.4. The number of nitrogens with zero attached hydrogens (tertiary/aromatic N) is 1. The summed E-state index contributed by atoms with van der Waals surface area (Å²) in [5.74, 6) is 2.43. The molecule has 1 amide bonds. The van der Waals surface area contributed by atoms with Gasteiger partial charge < -0.3 is 15.4 Å². The van der Waals surface area contributed by atoms with Gasteiger partial charge in [0.2, 0.25) is 5.91 Å². The number of carbonyl (C=O) groups is 1. The average molecular weight is 405 g/mol. The van der Waals surface area contributed by atoms with Crippen molar-refractivity contribution in [2.24, 2.45) is 0 Å². The average Bonchev–Trinajstić information content (AvgIpc) is 3.15. The van der Waals surface area contributed by atoms with Crippen molar-refractivity contribution < 1.29 is 9.53 Å². The fraction of sp³-hybridized carbons (Fsp3) is 0.333. The van der Waals surface area contributed by atoms with Crippen LogP contribution in [0.15, 0.2) is 54.7 Å². The van der Waals surface area contributed by atoms with E-state index in [9.17, 15) is 4.79 Å². The maximum Gasteiger partial charge on any atom is 0.229 e. The zero-order valence-electron chi connectivity index (χ0n) is 17.4. The Kier molecular flexibility index (Phi) is 6.14. The molecule has 30 heavy (non-hydrogen) atoms. The molecule has 0 atom stereocenters. The summed E-state index contributed by atoms with van der Waals surface area (Å²) in [6, 6.07) is 16.3. The lowest BCUT2D eigenvalue weighted by molar-refractivity contribution is -0.115. The number of methoxy groups -OCH3 is 1. The van der Waals surface area contributed by atoms with Crippen molar-refractivity contribution in [1.82, 2.24) is 15.5 Å². The summed E-state index contributed by atoms with van der Waals surface area (Å²) in [6.45, 7) is 0.885. The Balaban J connectivity index is 1.35. The number of nitrogens with one attached hydrogen (secondary N) is 3. The number of anilines is 1. The Bertz CT molecular complexity index is 990. The molecule has 1 fully saturated rings. The number of hydrogen-bond donors (Lipinski definition) is 3. The van der Waals surface area contributed by atoms with Gasteiger partial charge in [0.15, 0.2) is 0 Å². The summed E-state index contributed by atoms with van der Waals surface area (Å²) in [6.07, 6.45) is 4.31. The largest absolute Gasteiger partial charge is 0.497 e. The predicted octanol–water partition coefficient (Wildman–Crippen LogP) is 3.98. The van der Waals surface area contributed by atoms with Crippen LogP contribution in [-0.2, 0) is 17.8 Å². The molecule has 3 aromatic rings. The van der Waals surface area contributed by atoms with Crippen molar-refractivity contribution >= 4 is 11.7 Å². The maximum atomic E-state index is 12.5. The highest BCUT2D eigenvalue weighted by Crippen LogP contribution is 2.49. The van der Waals surface area contributed by atoms with Crippen molar-refractivity contribution in [3.8, 4) is 5.75 Å². The van der Waals surface area contributed by atoms with Gasteiger partial charge in [0.25, 0.3) is 0 Å². The number of ether oxygens (including phenoxy) is 1. The second-order valence-electron chi connectivity index (χ2n) is 7.91. The van der Waals surface area contributed by atoms with Crippen LogP contribution in [0, 0.1) is 0 Å². The molecule has 4 rings (SSSR count). The molecule has 0 bridgehead atoms. The Morgan fingerprint density at radius 2 is 1.93 bits per heavy atom. The van der Waals surface area contributed by atoms with Crippen molar-refractivity contribution in [2.75, 3.05) is 19.5 Å². The van der Waals surface area contributed by atoms with E-state index in [1.165, 1.54) is 11.1 Å². The number of hydrogen-bond acceptors (Lipinski definition) is 4. The van der Waals surface area contributed by atoms with E-state index in [1.54, 1.807) is 7.11 Å². The lowest BCUT2D eigenvalue weighted by atomic mass is 9.69. The monoisotopic (exact) mass is 404 g/mol. The highest BCUT2D eigenvalue weighted by Gasteiger charge is 2.34. The first-order chi connectivity index (χ1) is 14.7. The number of rotatable bonds is 8. The summed E-state index contributed by atoms with van der Waals surface area (Å²) in [7, 11) is 3.60. The van der Waals surface area contributed by atoms with E-state index >= 15 is 0 Å². The molecular weight excluding hydrogens is 376 g/mol. The molecule has 1 aliphatic rings. The fourth-order valence-electron chi connectivity index (χ4n) is 4.12. The number of carbonyl (C=O) groups excluding carboxylic acids is 1. The third-order valence-corrected chi connectivity index (χ3v) is 5.84. The van der Waals surface area contributed by atoms with Gasteiger partial charge in [-0.05, 0) is 60.5 Å². The van der Waals surface area contributed by atoms with Gasteiger partial charge in [-0.3, -0.25) is 9.89 Å². The summed E-state index contributed by atoms with van der Waals surface area (Å²) in [4.78, 5) is 12.5. The minimum Gasteiger partial charge on any atom is -0.497 e. The highest BCUT2D eigenvalue weighted by atomic mass is 16.5. The minimum absolute atomic E-state index is 0.0543. The van der Waals surface area contributed by atoms with Gasteiger partial charge in [-0.15, -0.1) is 0 Å². The summed E-state index contributed by atoms with van der Waals surface area (Å²) in [5.41, 5.74) is 4.75. The molecule has 1 saturated carbocycles. The molecule has 1 aromatic heterocycles. The minimum atomic E-state index is -0.0543. The number of amides is 1. The molecular formula is C24H28N4O2. The number of aromatic amines is 1. The molecule has 1 heterocycles. The Hall–Kier alpha value is -3.12. The molecule has 0 radical (unpaired) electrons. The van der Waals surface area contributed by atoms with Crippen LogP contribution in [-0.4, -0.2) is 30.3 Å². The van der Waals surface area contributed by atoms with Crippen LogP contribution in [0.4, 0.5) is 5.82 Å². The van der Waals surface area contributed by atoms with E-state index in [0.717, 1.165) is 42.1 Å². The Morgan fingerprint density at radius 1 is 1.13 bits per heavy atom. The van der Waals surface area contributed by atoms with E-state index in [4.69, 9.17) is 4.74 Å². The SMILES string of the molecule is CNCc1cccc(C2CC(c3cn[nH]c3NC(=O)Cc3ccc(OC)cc3)C2)c1. The quantitative estimate of drug-likeness (QED) is 0.531. The number of H-pyrrole nitrogens is 1. The molecule has 156 valence electrons. The molecule has 2 aromatic carbocycles.